The first-order valence-corrected chi connectivity index (χ1v) is 8.69. The van der Waals surface area contributed by atoms with Crippen molar-refractivity contribution >= 4 is 17.1 Å². The molecule has 0 bridgehead atoms. The van der Waals surface area contributed by atoms with E-state index in [1.807, 2.05) is 13.8 Å². The van der Waals surface area contributed by atoms with Gasteiger partial charge in [-0.15, -0.1) is 0 Å². The summed E-state index contributed by atoms with van der Waals surface area (Å²) in [6.07, 6.45) is 1.12. The number of hydrogen-bond acceptors (Lipinski definition) is 6. The summed E-state index contributed by atoms with van der Waals surface area (Å²) in [5.74, 6) is 1.11. The van der Waals surface area contributed by atoms with Gasteiger partial charge in [-0.3, -0.25) is 18.7 Å². The Morgan fingerprint density at radius 3 is 2.70 bits per heavy atom. The Hall–Kier alpha value is -3.17. The van der Waals surface area contributed by atoms with E-state index >= 15 is 0 Å². The second-order valence-electron chi connectivity index (χ2n) is 6.72. The summed E-state index contributed by atoms with van der Waals surface area (Å²) in [5, 5.41) is 6.54. The molecule has 1 amide bonds. The molecule has 0 aliphatic heterocycles. The largest absolute Gasteiger partial charge is 0.360 e. The highest BCUT2D eigenvalue weighted by Gasteiger charge is 2.15. The van der Waals surface area contributed by atoms with Crippen molar-refractivity contribution in [2.24, 2.45) is 14.1 Å². The molecular weight excluding hydrogens is 352 g/mol. The molecule has 0 radical (unpaired) electrons. The predicted molar refractivity (Wildman–Crippen MR) is 97.8 cm³/mol. The maximum Gasteiger partial charge on any atom is 0.332 e. The lowest BCUT2D eigenvalue weighted by atomic mass is 10.1. The summed E-state index contributed by atoms with van der Waals surface area (Å²) in [5.41, 5.74) is 0.0349. The highest BCUT2D eigenvalue weighted by atomic mass is 16.5. The molecule has 0 aliphatic carbocycles. The van der Waals surface area contributed by atoms with E-state index in [-0.39, 0.29) is 17.5 Å². The van der Waals surface area contributed by atoms with E-state index < -0.39 is 11.2 Å². The van der Waals surface area contributed by atoms with Crippen molar-refractivity contribution in [3.63, 3.8) is 0 Å². The van der Waals surface area contributed by atoms with E-state index in [0.29, 0.717) is 42.1 Å². The lowest BCUT2D eigenvalue weighted by Crippen LogP contribution is -2.36. The van der Waals surface area contributed by atoms with Gasteiger partial charge in [-0.05, 0) is 6.42 Å². The molecule has 10 heteroatoms. The fraction of sp³-hybridized carbons (Fsp3) is 0.471. The summed E-state index contributed by atoms with van der Waals surface area (Å²) in [6.45, 7) is 4.33. The Morgan fingerprint density at radius 2 is 2.04 bits per heavy atom. The van der Waals surface area contributed by atoms with Crippen LogP contribution in [0.3, 0.4) is 0 Å². The van der Waals surface area contributed by atoms with E-state index in [1.165, 1.54) is 11.6 Å². The van der Waals surface area contributed by atoms with Crippen LogP contribution >= 0.6 is 0 Å². The Balaban J connectivity index is 1.61. The Bertz CT molecular complexity index is 1100. The maximum absolute atomic E-state index is 12.1. The molecule has 3 heterocycles. The van der Waals surface area contributed by atoms with Gasteiger partial charge in [0.05, 0.1) is 0 Å². The first kappa shape index (κ1) is 18.6. The Morgan fingerprint density at radius 1 is 1.30 bits per heavy atom. The second kappa shape index (κ2) is 7.22. The molecule has 0 atom stereocenters. The van der Waals surface area contributed by atoms with E-state index in [2.05, 4.69) is 20.4 Å². The first-order chi connectivity index (χ1) is 12.8. The van der Waals surface area contributed by atoms with E-state index in [0.717, 1.165) is 4.57 Å². The number of carbonyl (C=O) groups is 1. The van der Waals surface area contributed by atoms with Crippen molar-refractivity contribution in [1.29, 1.82) is 0 Å². The van der Waals surface area contributed by atoms with Gasteiger partial charge < -0.3 is 14.8 Å². The third-order valence-electron chi connectivity index (χ3n) is 4.35. The Labute approximate surface area is 154 Å². The summed E-state index contributed by atoms with van der Waals surface area (Å²) in [7, 11) is 2.99. The molecule has 0 fully saturated rings. The summed E-state index contributed by atoms with van der Waals surface area (Å²) >= 11 is 0. The van der Waals surface area contributed by atoms with Crippen molar-refractivity contribution < 1.29 is 9.32 Å². The fourth-order valence-corrected chi connectivity index (χ4v) is 2.71. The van der Waals surface area contributed by atoms with Crippen LogP contribution in [-0.4, -0.2) is 36.7 Å². The predicted octanol–water partition coefficient (Wildman–Crippen LogP) is 0.434. The summed E-state index contributed by atoms with van der Waals surface area (Å²) in [6, 6.07) is 1.63. The minimum atomic E-state index is -0.425. The quantitative estimate of drug-likeness (QED) is 0.603. The molecular formula is C17H22N6O4. The van der Waals surface area contributed by atoms with E-state index in [9.17, 15) is 14.4 Å². The zero-order valence-electron chi connectivity index (χ0n) is 15.7. The highest BCUT2D eigenvalue weighted by molar-refractivity contribution is 5.92. The minimum absolute atomic E-state index is 0.163. The van der Waals surface area contributed by atoms with E-state index in [4.69, 9.17) is 4.52 Å². The number of aryl methyl sites for hydroxylation is 2. The smallest absolute Gasteiger partial charge is 0.332 e. The van der Waals surface area contributed by atoms with Gasteiger partial charge in [0, 0.05) is 39.0 Å². The standard InChI is InChI=1S/C17H22N6O4/c1-9(2)11-8-10(21-27-11)15(24)18-7-5-6-12-19-13-14(20-12)22(3)17(26)23(4)16(13)25/h8-9H,5-7H2,1-4H3,(H,18,24)(H,19,20). The molecule has 3 aromatic rings. The Kier molecular flexibility index (Phi) is 4.98. The normalized spacial score (nSPS) is 11.4. The van der Waals surface area contributed by atoms with Gasteiger partial charge in [0.15, 0.2) is 11.3 Å². The fourth-order valence-electron chi connectivity index (χ4n) is 2.71. The number of carbonyl (C=O) groups excluding carboxylic acids is 1. The van der Waals surface area contributed by atoms with Crippen molar-refractivity contribution in [2.45, 2.75) is 32.6 Å². The molecule has 0 spiro atoms. The number of rotatable bonds is 6. The molecule has 0 saturated heterocycles. The number of aromatic amines is 1. The van der Waals surface area contributed by atoms with Gasteiger partial charge in [-0.1, -0.05) is 19.0 Å². The molecule has 0 aliphatic rings. The number of amides is 1. The zero-order chi connectivity index (χ0) is 19.7. The number of aromatic nitrogens is 5. The van der Waals surface area contributed by atoms with Crippen molar-refractivity contribution in [3.8, 4) is 0 Å². The average molecular weight is 374 g/mol. The number of nitrogens with one attached hydrogen (secondary N) is 2. The van der Waals surface area contributed by atoms with Crippen molar-refractivity contribution in [3.05, 3.63) is 44.2 Å². The molecule has 27 heavy (non-hydrogen) atoms. The van der Waals surface area contributed by atoms with Gasteiger partial charge in [0.1, 0.15) is 17.1 Å². The minimum Gasteiger partial charge on any atom is -0.360 e. The third-order valence-corrected chi connectivity index (χ3v) is 4.35. The first-order valence-electron chi connectivity index (χ1n) is 8.69. The van der Waals surface area contributed by atoms with Crippen LogP contribution in [0.4, 0.5) is 0 Å². The second-order valence-corrected chi connectivity index (χ2v) is 6.72. The molecule has 0 unspecified atom stereocenters. The summed E-state index contributed by atoms with van der Waals surface area (Å²) < 4.78 is 7.48. The zero-order valence-corrected chi connectivity index (χ0v) is 15.7. The lowest BCUT2D eigenvalue weighted by Gasteiger charge is -2.01. The number of fused-ring (bicyclic) bond motifs is 1. The van der Waals surface area contributed by atoms with E-state index in [1.54, 1.807) is 13.1 Å². The van der Waals surface area contributed by atoms with Gasteiger partial charge in [-0.25, -0.2) is 9.78 Å². The van der Waals surface area contributed by atoms with Crippen LogP contribution in [0.2, 0.25) is 0 Å². The van der Waals surface area contributed by atoms with Gasteiger partial charge in [0.25, 0.3) is 11.5 Å². The monoisotopic (exact) mass is 374 g/mol. The van der Waals surface area contributed by atoms with Crippen LogP contribution in [-0.2, 0) is 20.5 Å². The third kappa shape index (κ3) is 3.55. The molecule has 2 N–H and O–H groups in total. The topological polar surface area (TPSA) is 128 Å². The number of hydrogen-bond donors (Lipinski definition) is 2. The number of imidazole rings is 1. The lowest BCUT2D eigenvalue weighted by molar-refractivity contribution is 0.0944. The highest BCUT2D eigenvalue weighted by Crippen LogP contribution is 2.14. The molecule has 144 valence electrons. The van der Waals surface area contributed by atoms with Gasteiger partial charge >= 0.3 is 5.69 Å². The van der Waals surface area contributed by atoms with Crippen molar-refractivity contribution in [2.75, 3.05) is 6.54 Å². The van der Waals surface area contributed by atoms with Crippen LogP contribution in [0.1, 0.15) is 48.3 Å². The molecule has 3 aromatic heterocycles. The van der Waals surface area contributed by atoms with Crippen molar-refractivity contribution in [1.82, 2.24) is 29.6 Å². The molecule has 10 nitrogen and oxygen atoms in total. The summed E-state index contributed by atoms with van der Waals surface area (Å²) in [4.78, 5) is 43.4. The van der Waals surface area contributed by atoms with Gasteiger partial charge in [-0.2, -0.15) is 0 Å². The van der Waals surface area contributed by atoms with Gasteiger partial charge in [0.2, 0.25) is 0 Å². The SMILES string of the molecule is CC(C)c1cc(C(=O)NCCCc2nc3c([nH]2)c(=O)n(C)c(=O)n3C)no1. The van der Waals surface area contributed by atoms with Crippen LogP contribution in [0.15, 0.2) is 20.2 Å². The maximum atomic E-state index is 12.1. The average Bonchev–Trinajstić information content (AvgIpc) is 3.29. The molecule has 0 aromatic carbocycles. The molecule has 3 rings (SSSR count). The van der Waals surface area contributed by atoms with Crippen LogP contribution in [0, 0.1) is 0 Å². The number of nitrogens with zero attached hydrogens (tertiary/aromatic N) is 4. The van der Waals surface area contributed by atoms with Crippen LogP contribution in [0.25, 0.3) is 11.2 Å². The van der Waals surface area contributed by atoms with Crippen LogP contribution in [0.5, 0.6) is 0 Å². The number of H-pyrrole nitrogens is 1. The molecule has 0 saturated carbocycles. The van der Waals surface area contributed by atoms with Crippen LogP contribution < -0.4 is 16.6 Å².